The molecule has 3 aromatic rings. The van der Waals surface area contributed by atoms with Crippen LogP contribution in [0, 0.1) is 0 Å². The van der Waals surface area contributed by atoms with Gasteiger partial charge in [-0.05, 0) is 60.8 Å². The smallest absolute Gasteiger partial charge is 0.241 e. The second-order valence-electron chi connectivity index (χ2n) is 7.58. The number of carbonyl (C=O) groups is 1. The van der Waals surface area contributed by atoms with E-state index in [1.165, 1.54) is 0 Å². The first kappa shape index (κ1) is 20.8. The molecule has 1 saturated heterocycles. The lowest BCUT2D eigenvalue weighted by Gasteiger charge is -2.24. The number of rotatable bonds is 5. The van der Waals surface area contributed by atoms with Gasteiger partial charge in [0.05, 0.1) is 6.04 Å². The van der Waals surface area contributed by atoms with Crippen LogP contribution in [0.1, 0.15) is 19.8 Å². The van der Waals surface area contributed by atoms with E-state index in [0.717, 1.165) is 53.3 Å². The summed E-state index contributed by atoms with van der Waals surface area (Å²) in [6, 6.07) is 17.6. The minimum Gasteiger partial charge on any atom is -0.454 e. The van der Waals surface area contributed by atoms with E-state index in [-0.39, 0.29) is 24.9 Å². The van der Waals surface area contributed by atoms with Crippen LogP contribution in [-0.2, 0) is 11.3 Å². The van der Waals surface area contributed by atoms with Crippen LogP contribution in [0.5, 0.6) is 11.5 Å². The Morgan fingerprint density at radius 1 is 1.06 bits per heavy atom. The standard InChI is InChI=1S/C24H23N3O3.FH.H2/c28-24(26-20-8-6-17(7-9-20)18-10-12-25-13-11-18)21-4-2-14-27(21)15-19-3-1-5-22-23(19)30-16-29-22;;/h1,3,5-13,21H,2,4,14-16H2,(H,26,28);2*1H/t21-;;/m1../s1. The summed E-state index contributed by atoms with van der Waals surface area (Å²) in [6.07, 6.45) is 5.41. The lowest BCUT2D eigenvalue weighted by Crippen LogP contribution is -2.39. The van der Waals surface area contributed by atoms with Crippen LogP contribution in [0.4, 0.5) is 10.4 Å². The molecule has 1 aromatic heterocycles. The van der Waals surface area contributed by atoms with E-state index in [4.69, 9.17) is 9.47 Å². The number of pyridine rings is 1. The highest BCUT2D eigenvalue weighted by Gasteiger charge is 2.32. The Morgan fingerprint density at radius 3 is 2.65 bits per heavy atom. The van der Waals surface area contributed by atoms with E-state index < -0.39 is 0 Å². The third-order valence-electron chi connectivity index (χ3n) is 5.68. The lowest BCUT2D eigenvalue weighted by molar-refractivity contribution is -0.120. The monoisotopic (exact) mass is 423 g/mol. The van der Waals surface area contributed by atoms with Gasteiger partial charge in [0.25, 0.3) is 0 Å². The first-order valence-corrected chi connectivity index (χ1v) is 10.2. The third-order valence-corrected chi connectivity index (χ3v) is 5.68. The minimum absolute atomic E-state index is 0. The second kappa shape index (κ2) is 9.14. The predicted molar refractivity (Wildman–Crippen MR) is 119 cm³/mol. The molecule has 6 nitrogen and oxygen atoms in total. The number of amides is 1. The van der Waals surface area contributed by atoms with Gasteiger partial charge in [-0.1, -0.05) is 24.3 Å². The zero-order valence-electron chi connectivity index (χ0n) is 17.0. The van der Waals surface area contributed by atoms with Crippen molar-refractivity contribution in [3.05, 3.63) is 72.6 Å². The Bertz CT molecular complexity index is 1050. The number of carbonyl (C=O) groups excluding carboxylic acids is 1. The number of benzene rings is 2. The Labute approximate surface area is 181 Å². The highest BCUT2D eigenvalue weighted by atomic mass is 19.0. The second-order valence-corrected chi connectivity index (χ2v) is 7.58. The molecular formula is C24H26FN3O3. The van der Waals surface area contributed by atoms with Gasteiger partial charge in [-0.3, -0.25) is 19.4 Å². The maximum Gasteiger partial charge on any atom is 0.241 e. The molecule has 0 radical (unpaired) electrons. The molecule has 0 saturated carbocycles. The number of aromatic nitrogens is 1. The summed E-state index contributed by atoms with van der Waals surface area (Å²) in [7, 11) is 0. The summed E-state index contributed by atoms with van der Waals surface area (Å²) >= 11 is 0. The van der Waals surface area contributed by atoms with Gasteiger partial charge in [-0.15, -0.1) is 0 Å². The van der Waals surface area contributed by atoms with Gasteiger partial charge in [-0.25, -0.2) is 0 Å². The van der Waals surface area contributed by atoms with Crippen molar-refractivity contribution >= 4 is 11.6 Å². The zero-order chi connectivity index (χ0) is 20.3. The first-order valence-electron chi connectivity index (χ1n) is 10.2. The van der Waals surface area contributed by atoms with Crippen LogP contribution in [0.25, 0.3) is 11.1 Å². The van der Waals surface area contributed by atoms with E-state index in [1.807, 2.05) is 54.6 Å². The molecule has 2 aliphatic heterocycles. The van der Waals surface area contributed by atoms with E-state index >= 15 is 0 Å². The van der Waals surface area contributed by atoms with Crippen LogP contribution in [0.2, 0.25) is 0 Å². The molecule has 3 heterocycles. The Balaban J connectivity index is 0.00000144. The van der Waals surface area contributed by atoms with Gasteiger partial charge in [0.1, 0.15) is 0 Å². The molecule has 0 unspecified atom stereocenters. The Hall–Kier alpha value is -3.45. The number of likely N-dealkylation sites (tertiary alicyclic amines) is 1. The molecule has 7 heteroatoms. The van der Waals surface area contributed by atoms with Gasteiger partial charge < -0.3 is 14.8 Å². The van der Waals surface area contributed by atoms with Gasteiger partial charge in [0.15, 0.2) is 11.5 Å². The molecule has 1 fully saturated rings. The molecule has 162 valence electrons. The third kappa shape index (κ3) is 4.36. The maximum atomic E-state index is 13.0. The van der Waals surface area contributed by atoms with Gasteiger partial charge in [0, 0.05) is 31.6 Å². The molecule has 0 spiro atoms. The number of anilines is 1. The van der Waals surface area contributed by atoms with Crippen molar-refractivity contribution < 1.29 is 20.4 Å². The van der Waals surface area contributed by atoms with Crippen molar-refractivity contribution in [2.75, 3.05) is 18.7 Å². The van der Waals surface area contributed by atoms with Crippen molar-refractivity contribution in [1.29, 1.82) is 0 Å². The number of nitrogens with one attached hydrogen (secondary N) is 1. The minimum atomic E-state index is -0.150. The van der Waals surface area contributed by atoms with Crippen molar-refractivity contribution in [3.8, 4) is 22.6 Å². The summed E-state index contributed by atoms with van der Waals surface area (Å²) < 4.78 is 11.1. The molecule has 1 amide bonds. The average Bonchev–Trinajstić information content (AvgIpc) is 3.45. The number of halogens is 1. The van der Waals surface area contributed by atoms with Crippen LogP contribution in [-0.4, -0.2) is 35.2 Å². The summed E-state index contributed by atoms with van der Waals surface area (Å²) in [5.74, 6) is 1.62. The molecule has 2 aliphatic rings. The van der Waals surface area contributed by atoms with Gasteiger partial charge in [-0.2, -0.15) is 0 Å². The van der Waals surface area contributed by atoms with E-state index in [0.29, 0.717) is 6.54 Å². The van der Waals surface area contributed by atoms with Gasteiger partial charge >= 0.3 is 0 Å². The van der Waals surface area contributed by atoms with Gasteiger partial charge in [0.2, 0.25) is 12.7 Å². The summed E-state index contributed by atoms with van der Waals surface area (Å²) in [6.45, 7) is 1.82. The number of para-hydroxylation sites is 1. The topological polar surface area (TPSA) is 63.7 Å². The molecule has 5 rings (SSSR count). The molecule has 0 bridgehead atoms. The fourth-order valence-corrected chi connectivity index (χ4v) is 4.16. The highest BCUT2D eigenvalue weighted by molar-refractivity contribution is 5.95. The largest absolute Gasteiger partial charge is 0.454 e. The zero-order valence-corrected chi connectivity index (χ0v) is 17.0. The quantitative estimate of drug-likeness (QED) is 0.656. The van der Waals surface area contributed by atoms with Crippen LogP contribution in [0.3, 0.4) is 0 Å². The Morgan fingerprint density at radius 2 is 1.84 bits per heavy atom. The number of nitrogens with zero attached hydrogens (tertiary/aromatic N) is 2. The lowest BCUT2D eigenvalue weighted by atomic mass is 10.1. The molecular weight excluding hydrogens is 397 g/mol. The summed E-state index contributed by atoms with van der Waals surface area (Å²) in [5, 5.41) is 3.08. The average molecular weight is 423 g/mol. The van der Waals surface area contributed by atoms with Crippen molar-refractivity contribution in [2.24, 2.45) is 0 Å². The fraction of sp³-hybridized carbons (Fsp3) is 0.250. The van der Waals surface area contributed by atoms with Crippen molar-refractivity contribution in [3.63, 3.8) is 0 Å². The van der Waals surface area contributed by atoms with Crippen LogP contribution >= 0.6 is 0 Å². The van der Waals surface area contributed by atoms with Crippen molar-refractivity contribution in [1.82, 2.24) is 9.88 Å². The normalized spacial score (nSPS) is 17.2. The van der Waals surface area contributed by atoms with E-state index in [1.54, 1.807) is 12.4 Å². The summed E-state index contributed by atoms with van der Waals surface area (Å²) in [4.78, 5) is 19.3. The predicted octanol–water partition coefficient (Wildman–Crippen LogP) is 4.48. The van der Waals surface area contributed by atoms with E-state index in [9.17, 15) is 4.79 Å². The highest BCUT2D eigenvalue weighted by Crippen LogP contribution is 2.37. The van der Waals surface area contributed by atoms with Crippen LogP contribution in [0.15, 0.2) is 67.0 Å². The van der Waals surface area contributed by atoms with E-state index in [2.05, 4.69) is 15.2 Å². The number of hydrogen-bond acceptors (Lipinski definition) is 5. The molecule has 1 atom stereocenters. The SMILES string of the molecule is F.O=C(Nc1ccc(-c2ccncc2)cc1)[C@H]1CCCN1Cc1cccc2c1OCO2.[HH]. The summed E-state index contributed by atoms with van der Waals surface area (Å²) in [5.41, 5.74) is 4.07. The number of ether oxygens (including phenoxy) is 2. The Kier molecular flexibility index (Phi) is 6.13. The molecule has 2 aromatic carbocycles. The number of fused-ring (bicyclic) bond motifs is 1. The molecule has 1 N–H and O–H groups in total. The number of hydrogen-bond donors (Lipinski definition) is 1. The molecule has 31 heavy (non-hydrogen) atoms. The fourth-order valence-electron chi connectivity index (χ4n) is 4.16. The van der Waals surface area contributed by atoms with Crippen LogP contribution < -0.4 is 14.8 Å². The van der Waals surface area contributed by atoms with Crippen molar-refractivity contribution in [2.45, 2.75) is 25.4 Å². The first-order chi connectivity index (χ1) is 14.8. The maximum absolute atomic E-state index is 13.0. The molecule has 0 aliphatic carbocycles.